The molecule has 0 bridgehead atoms. The van der Waals surface area contributed by atoms with E-state index in [2.05, 4.69) is 10.1 Å². The number of carbonyl (C=O) groups is 1. The maximum Gasteiger partial charge on any atom is 0.387 e. The number of halogens is 2. The predicted molar refractivity (Wildman–Crippen MR) is 93.9 cm³/mol. The SMILES string of the molecule is COc1cc(CNC(=O)c2ccc3c(c2)CCCC3)ccc1OC(F)F. The lowest BCUT2D eigenvalue weighted by Gasteiger charge is -2.16. The normalized spacial score (nSPS) is 13.2. The van der Waals surface area contributed by atoms with E-state index in [1.807, 2.05) is 18.2 Å². The van der Waals surface area contributed by atoms with Crippen LogP contribution in [-0.2, 0) is 19.4 Å². The van der Waals surface area contributed by atoms with E-state index in [9.17, 15) is 13.6 Å². The van der Waals surface area contributed by atoms with Crippen LogP contribution in [0.15, 0.2) is 36.4 Å². The summed E-state index contributed by atoms with van der Waals surface area (Å²) in [6.07, 6.45) is 4.44. The molecule has 0 aromatic heterocycles. The van der Waals surface area contributed by atoms with Gasteiger partial charge < -0.3 is 14.8 Å². The number of fused-ring (bicyclic) bond motifs is 1. The molecule has 26 heavy (non-hydrogen) atoms. The highest BCUT2D eigenvalue weighted by Gasteiger charge is 2.14. The van der Waals surface area contributed by atoms with Crippen molar-refractivity contribution in [2.24, 2.45) is 0 Å². The summed E-state index contributed by atoms with van der Waals surface area (Å²) in [4.78, 5) is 12.4. The van der Waals surface area contributed by atoms with Crippen molar-refractivity contribution in [1.82, 2.24) is 5.32 Å². The zero-order valence-electron chi connectivity index (χ0n) is 14.6. The van der Waals surface area contributed by atoms with Gasteiger partial charge in [-0.15, -0.1) is 0 Å². The van der Waals surface area contributed by atoms with Crippen molar-refractivity contribution in [1.29, 1.82) is 0 Å². The van der Waals surface area contributed by atoms with Gasteiger partial charge in [0.15, 0.2) is 11.5 Å². The van der Waals surface area contributed by atoms with Crippen molar-refractivity contribution in [3.8, 4) is 11.5 Å². The first-order valence-electron chi connectivity index (χ1n) is 8.58. The number of amides is 1. The van der Waals surface area contributed by atoms with Crippen molar-refractivity contribution in [3.05, 3.63) is 58.7 Å². The van der Waals surface area contributed by atoms with E-state index in [4.69, 9.17) is 4.74 Å². The van der Waals surface area contributed by atoms with Crippen LogP contribution in [-0.4, -0.2) is 19.6 Å². The summed E-state index contributed by atoms with van der Waals surface area (Å²) in [5, 5.41) is 2.85. The molecule has 0 fully saturated rings. The van der Waals surface area contributed by atoms with Gasteiger partial charge in [-0.25, -0.2) is 0 Å². The molecule has 0 spiro atoms. The minimum absolute atomic E-state index is 0.0349. The second-order valence-corrected chi connectivity index (χ2v) is 6.24. The van der Waals surface area contributed by atoms with Crippen LogP contribution in [0.2, 0.25) is 0 Å². The van der Waals surface area contributed by atoms with Gasteiger partial charge in [-0.1, -0.05) is 12.1 Å². The Balaban J connectivity index is 1.66. The van der Waals surface area contributed by atoms with Gasteiger partial charge in [0.1, 0.15) is 0 Å². The van der Waals surface area contributed by atoms with Crippen LogP contribution in [0.25, 0.3) is 0 Å². The van der Waals surface area contributed by atoms with Gasteiger partial charge in [-0.05, 0) is 66.6 Å². The summed E-state index contributed by atoms with van der Waals surface area (Å²) < 4.78 is 34.2. The van der Waals surface area contributed by atoms with Crippen LogP contribution in [0.5, 0.6) is 11.5 Å². The second-order valence-electron chi connectivity index (χ2n) is 6.24. The first-order valence-corrected chi connectivity index (χ1v) is 8.58. The smallest absolute Gasteiger partial charge is 0.387 e. The van der Waals surface area contributed by atoms with Crippen molar-refractivity contribution in [2.75, 3.05) is 7.11 Å². The Bertz CT molecular complexity index is 793. The van der Waals surface area contributed by atoms with Crippen molar-refractivity contribution in [2.45, 2.75) is 38.8 Å². The molecule has 0 saturated heterocycles. The second kappa shape index (κ2) is 8.17. The number of carbonyl (C=O) groups excluding carboxylic acids is 1. The molecule has 4 nitrogen and oxygen atoms in total. The van der Waals surface area contributed by atoms with E-state index in [0.29, 0.717) is 5.56 Å². The fourth-order valence-electron chi connectivity index (χ4n) is 3.17. The van der Waals surface area contributed by atoms with Gasteiger partial charge in [0.05, 0.1) is 7.11 Å². The highest BCUT2D eigenvalue weighted by Crippen LogP contribution is 2.29. The largest absolute Gasteiger partial charge is 0.493 e. The third-order valence-electron chi connectivity index (χ3n) is 4.51. The third kappa shape index (κ3) is 4.31. The maximum absolute atomic E-state index is 12.4. The van der Waals surface area contributed by atoms with Crippen molar-refractivity contribution >= 4 is 5.91 Å². The van der Waals surface area contributed by atoms with Crippen molar-refractivity contribution in [3.63, 3.8) is 0 Å². The van der Waals surface area contributed by atoms with Gasteiger partial charge in [-0.3, -0.25) is 4.79 Å². The number of hydrogen-bond acceptors (Lipinski definition) is 3. The molecule has 1 aliphatic rings. The topological polar surface area (TPSA) is 47.6 Å². The first kappa shape index (κ1) is 18.2. The average Bonchev–Trinajstić information content (AvgIpc) is 2.66. The Morgan fingerprint density at radius 2 is 1.85 bits per heavy atom. The maximum atomic E-state index is 12.4. The summed E-state index contributed by atoms with van der Waals surface area (Å²) in [5.41, 5.74) is 3.94. The molecule has 0 saturated carbocycles. The quantitative estimate of drug-likeness (QED) is 0.842. The average molecular weight is 361 g/mol. The lowest BCUT2D eigenvalue weighted by molar-refractivity contribution is -0.0512. The number of alkyl halides is 2. The van der Waals surface area contributed by atoms with Crippen LogP contribution < -0.4 is 14.8 Å². The molecular formula is C20H21F2NO3. The summed E-state index contributed by atoms with van der Waals surface area (Å²) in [7, 11) is 1.38. The van der Waals surface area contributed by atoms with E-state index in [0.717, 1.165) is 24.8 Å². The number of benzene rings is 2. The molecule has 1 aliphatic carbocycles. The molecule has 0 radical (unpaired) electrons. The Morgan fingerprint density at radius 1 is 1.08 bits per heavy atom. The number of ether oxygens (including phenoxy) is 2. The molecule has 2 aromatic carbocycles. The molecule has 1 amide bonds. The Kier molecular flexibility index (Phi) is 5.71. The number of nitrogens with one attached hydrogen (secondary N) is 1. The Labute approximate surface area is 151 Å². The van der Waals surface area contributed by atoms with Gasteiger partial charge >= 0.3 is 6.61 Å². The van der Waals surface area contributed by atoms with E-state index in [-0.39, 0.29) is 24.0 Å². The first-order chi connectivity index (χ1) is 12.6. The van der Waals surface area contributed by atoms with Gasteiger partial charge in [0.25, 0.3) is 5.91 Å². The van der Waals surface area contributed by atoms with Crippen molar-refractivity contribution < 1.29 is 23.0 Å². The summed E-state index contributed by atoms with van der Waals surface area (Å²) in [5.74, 6) is 0.00309. The molecule has 0 heterocycles. The minimum Gasteiger partial charge on any atom is -0.493 e. The van der Waals surface area contributed by atoms with E-state index in [1.54, 1.807) is 12.1 Å². The highest BCUT2D eigenvalue weighted by molar-refractivity contribution is 5.94. The summed E-state index contributed by atoms with van der Waals surface area (Å²) >= 11 is 0. The lowest BCUT2D eigenvalue weighted by atomic mass is 9.90. The molecule has 2 aromatic rings. The van der Waals surface area contributed by atoms with E-state index < -0.39 is 6.61 Å². The standard InChI is InChI=1S/C20H21F2NO3/c1-25-18-10-13(6-9-17(18)26-20(21)22)12-23-19(24)16-8-7-14-4-2-3-5-15(14)11-16/h6-11,20H,2-5,12H2,1H3,(H,23,24). The Hall–Kier alpha value is -2.63. The lowest BCUT2D eigenvalue weighted by Crippen LogP contribution is -2.23. The van der Waals surface area contributed by atoms with Crippen LogP contribution in [0, 0.1) is 0 Å². The predicted octanol–water partition coefficient (Wildman–Crippen LogP) is 4.11. The third-order valence-corrected chi connectivity index (χ3v) is 4.51. The number of hydrogen-bond donors (Lipinski definition) is 1. The molecule has 0 unspecified atom stereocenters. The van der Waals surface area contributed by atoms with Gasteiger partial charge in [0.2, 0.25) is 0 Å². The van der Waals surface area contributed by atoms with Crippen LogP contribution in [0.3, 0.4) is 0 Å². The zero-order valence-corrected chi connectivity index (χ0v) is 14.6. The van der Waals surface area contributed by atoms with Crippen LogP contribution >= 0.6 is 0 Å². The van der Waals surface area contributed by atoms with E-state index in [1.165, 1.54) is 30.7 Å². The zero-order chi connectivity index (χ0) is 18.5. The Morgan fingerprint density at radius 3 is 2.58 bits per heavy atom. The van der Waals surface area contributed by atoms with Gasteiger partial charge in [0, 0.05) is 12.1 Å². The van der Waals surface area contributed by atoms with E-state index >= 15 is 0 Å². The summed E-state index contributed by atoms with van der Waals surface area (Å²) in [6.45, 7) is -2.65. The minimum atomic E-state index is -2.92. The van der Waals surface area contributed by atoms with Crippen LogP contribution in [0.1, 0.15) is 39.9 Å². The fourth-order valence-corrected chi connectivity index (χ4v) is 3.17. The monoisotopic (exact) mass is 361 g/mol. The van der Waals surface area contributed by atoms with Gasteiger partial charge in [-0.2, -0.15) is 8.78 Å². The molecule has 0 aliphatic heterocycles. The molecule has 0 atom stereocenters. The molecule has 138 valence electrons. The summed E-state index contributed by atoms with van der Waals surface area (Å²) in [6, 6.07) is 10.4. The molecule has 3 rings (SSSR count). The molecule has 6 heteroatoms. The number of aryl methyl sites for hydroxylation is 2. The molecule has 1 N–H and O–H groups in total. The highest BCUT2D eigenvalue weighted by atomic mass is 19.3. The number of rotatable bonds is 6. The number of methoxy groups -OCH3 is 1. The fraction of sp³-hybridized carbons (Fsp3) is 0.350. The van der Waals surface area contributed by atoms with Crippen LogP contribution in [0.4, 0.5) is 8.78 Å². The molecular weight excluding hydrogens is 340 g/mol.